The molecular formula is C14H25ClN2O. The van der Waals surface area contributed by atoms with E-state index >= 15 is 0 Å². The number of carbonyl (C=O) groups is 1. The highest BCUT2D eigenvalue weighted by atomic mass is 35.5. The van der Waals surface area contributed by atoms with Crippen molar-refractivity contribution < 1.29 is 4.79 Å². The first-order chi connectivity index (χ1) is 8.24. The van der Waals surface area contributed by atoms with E-state index in [2.05, 4.69) is 4.90 Å². The van der Waals surface area contributed by atoms with Gasteiger partial charge in [-0.3, -0.25) is 4.79 Å². The number of rotatable bonds is 5. The molecule has 0 radical (unpaired) electrons. The van der Waals surface area contributed by atoms with Crippen molar-refractivity contribution in [3.05, 3.63) is 0 Å². The highest BCUT2D eigenvalue weighted by Crippen LogP contribution is 2.35. The lowest BCUT2D eigenvalue weighted by molar-refractivity contribution is -0.136. The Bertz CT molecular complexity index is 288. The van der Waals surface area contributed by atoms with Crippen LogP contribution < -0.4 is 5.73 Å². The zero-order valence-corrected chi connectivity index (χ0v) is 11.8. The molecule has 0 aliphatic heterocycles. The maximum atomic E-state index is 12.5. The van der Waals surface area contributed by atoms with E-state index in [1.54, 1.807) is 0 Å². The number of hydrogen-bond acceptors (Lipinski definition) is 2. The fraction of sp³-hybridized carbons (Fsp3) is 0.929. The van der Waals surface area contributed by atoms with E-state index in [0.717, 1.165) is 44.2 Å². The molecule has 3 rings (SSSR count). The third kappa shape index (κ3) is 3.39. The predicted molar refractivity (Wildman–Crippen MR) is 74.6 cm³/mol. The van der Waals surface area contributed by atoms with Crippen LogP contribution in [0, 0.1) is 17.8 Å². The van der Waals surface area contributed by atoms with Crippen LogP contribution >= 0.6 is 12.4 Å². The van der Waals surface area contributed by atoms with Crippen LogP contribution in [0.2, 0.25) is 0 Å². The van der Waals surface area contributed by atoms with Crippen molar-refractivity contribution in [1.29, 1.82) is 0 Å². The highest BCUT2D eigenvalue weighted by molar-refractivity contribution is 5.85. The number of hydrogen-bond donors (Lipinski definition) is 1. The molecule has 3 saturated carbocycles. The van der Waals surface area contributed by atoms with Gasteiger partial charge in [0.1, 0.15) is 0 Å². The molecule has 2 N–H and O–H groups in total. The summed E-state index contributed by atoms with van der Waals surface area (Å²) in [7, 11) is 0. The first-order valence-corrected chi connectivity index (χ1v) is 7.28. The Morgan fingerprint density at radius 3 is 1.94 bits per heavy atom. The SMILES string of the molecule is Cl.NC1CCCC1C(=O)N(CC1CC1)CC1CC1. The molecule has 2 unspecified atom stereocenters. The van der Waals surface area contributed by atoms with E-state index < -0.39 is 0 Å². The van der Waals surface area contributed by atoms with Crippen LogP contribution in [-0.2, 0) is 4.79 Å². The summed E-state index contributed by atoms with van der Waals surface area (Å²) in [6.07, 6.45) is 8.49. The standard InChI is InChI=1S/C14H24N2O.ClH/c15-13-3-1-2-12(13)14(17)16(8-10-4-5-10)9-11-6-7-11;/h10-13H,1-9,15H2;1H. The van der Waals surface area contributed by atoms with Crippen LogP contribution in [0.4, 0.5) is 0 Å². The summed E-state index contributed by atoms with van der Waals surface area (Å²) in [4.78, 5) is 14.7. The second-order valence-corrected chi connectivity index (χ2v) is 6.33. The van der Waals surface area contributed by atoms with E-state index in [9.17, 15) is 4.79 Å². The predicted octanol–water partition coefficient (Wildman–Crippen LogP) is 2.18. The van der Waals surface area contributed by atoms with Crippen LogP contribution in [0.15, 0.2) is 0 Å². The zero-order valence-electron chi connectivity index (χ0n) is 11.0. The Morgan fingerprint density at radius 2 is 1.56 bits per heavy atom. The smallest absolute Gasteiger partial charge is 0.227 e. The van der Waals surface area contributed by atoms with E-state index in [0.29, 0.717) is 5.91 Å². The molecule has 0 bridgehead atoms. The average Bonchev–Trinajstić information content (AvgIpc) is 3.21. The Labute approximate surface area is 116 Å². The van der Waals surface area contributed by atoms with Crippen LogP contribution in [0.25, 0.3) is 0 Å². The third-order valence-corrected chi connectivity index (χ3v) is 4.55. The summed E-state index contributed by atoms with van der Waals surface area (Å²) < 4.78 is 0. The molecule has 3 fully saturated rings. The monoisotopic (exact) mass is 272 g/mol. The molecule has 18 heavy (non-hydrogen) atoms. The topological polar surface area (TPSA) is 46.3 Å². The van der Waals surface area contributed by atoms with Crippen molar-refractivity contribution in [3.63, 3.8) is 0 Å². The van der Waals surface area contributed by atoms with Crippen molar-refractivity contribution >= 4 is 18.3 Å². The van der Waals surface area contributed by atoms with Gasteiger partial charge in [-0.05, 0) is 50.4 Å². The second kappa shape index (κ2) is 5.79. The highest BCUT2D eigenvalue weighted by Gasteiger charge is 2.37. The summed E-state index contributed by atoms with van der Waals surface area (Å²) in [6.45, 7) is 2.02. The first kappa shape index (κ1) is 14.1. The summed E-state index contributed by atoms with van der Waals surface area (Å²) >= 11 is 0. The maximum absolute atomic E-state index is 12.5. The van der Waals surface area contributed by atoms with Crippen molar-refractivity contribution in [2.24, 2.45) is 23.5 Å². The molecule has 0 spiro atoms. The Kier molecular flexibility index (Phi) is 4.54. The van der Waals surface area contributed by atoms with Crippen molar-refractivity contribution in [1.82, 2.24) is 4.90 Å². The Hall–Kier alpha value is -0.280. The first-order valence-electron chi connectivity index (χ1n) is 7.28. The Balaban J connectivity index is 0.00000120. The molecule has 0 aromatic heterocycles. The number of nitrogens with zero attached hydrogens (tertiary/aromatic N) is 1. The molecular weight excluding hydrogens is 248 g/mol. The molecule has 3 aliphatic carbocycles. The summed E-state index contributed by atoms with van der Waals surface area (Å²) in [5.74, 6) is 2.10. The van der Waals surface area contributed by atoms with Gasteiger partial charge >= 0.3 is 0 Å². The molecule has 0 aromatic carbocycles. The zero-order chi connectivity index (χ0) is 11.8. The van der Waals surface area contributed by atoms with Gasteiger partial charge in [-0.2, -0.15) is 0 Å². The largest absolute Gasteiger partial charge is 0.342 e. The quantitative estimate of drug-likeness (QED) is 0.834. The molecule has 1 amide bonds. The van der Waals surface area contributed by atoms with Gasteiger partial charge in [0.05, 0.1) is 5.92 Å². The van der Waals surface area contributed by atoms with Gasteiger partial charge < -0.3 is 10.6 Å². The van der Waals surface area contributed by atoms with Gasteiger partial charge in [0.25, 0.3) is 0 Å². The summed E-state index contributed by atoms with van der Waals surface area (Å²) in [5, 5.41) is 0. The minimum Gasteiger partial charge on any atom is -0.342 e. The van der Waals surface area contributed by atoms with Crippen molar-refractivity contribution in [2.75, 3.05) is 13.1 Å². The summed E-state index contributed by atoms with van der Waals surface area (Å²) in [5.41, 5.74) is 6.06. The minimum absolute atomic E-state index is 0. The van der Waals surface area contributed by atoms with E-state index in [1.807, 2.05) is 0 Å². The Morgan fingerprint density at radius 1 is 1.00 bits per heavy atom. The third-order valence-electron chi connectivity index (χ3n) is 4.55. The number of halogens is 1. The molecule has 2 atom stereocenters. The van der Waals surface area contributed by atoms with Gasteiger partial charge in [0.15, 0.2) is 0 Å². The van der Waals surface area contributed by atoms with Crippen LogP contribution in [0.1, 0.15) is 44.9 Å². The normalized spacial score (nSPS) is 30.9. The number of amides is 1. The van der Waals surface area contributed by atoms with Crippen molar-refractivity contribution in [3.8, 4) is 0 Å². The van der Waals surface area contributed by atoms with Crippen molar-refractivity contribution in [2.45, 2.75) is 51.0 Å². The molecule has 3 aliphatic rings. The average molecular weight is 273 g/mol. The molecule has 104 valence electrons. The second-order valence-electron chi connectivity index (χ2n) is 6.33. The molecule has 0 aromatic rings. The fourth-order valence-electron chi connectivity index (χ4n) is 3.01. The van der Waals surface area contributed by atoms with E-state index in [4.69, 9.17) is 5.73 Å². The lowest BCUT2D eigenvalue weighted by atomic mass is 10.0. The molecule has 4 heteroatoms. The lowest BCUT2D eigenvalue weighted by Gasteiger charge is -2.27. The molecule has 0 saturated heterocycles. The van der Waals surface area contributed by atoms with Gasteiger partial charge in [0.2, 0.25) is 5.91 Å². The van der Waals surface area contributed by atoms with Gasteiger partial charge in [-0.15, -0.1) is 12.4 Å². The lowest BCUT2D eigenvalue weighted by Crippen LogP contribution is -2.43. The van der Waals surface area contributed by atoms with E-state index in [-0.39, 0.29) is 24.4 Å². The summed E-state index contributed by atoms with van der Waals surface area (Å²) in [6, 6.07) is 0.128. The van der Waals surface area contributed by atoms with Gasteiger partial charge in [-0.25, -0.2) is 0 Å². The number of nitrogens with two attached hydrogens (primary N) is 1. The number of carbonyl (C=O) groups excluding carboxylic acids is 1. The maximum Gasteiger partial charge on any atom is 0.227 e. The van der Waals surface area contributed by atoms with Crippen LogP contribution in [0.3, 0.4) is 0 Å². The minimum atomic E-state index is 0. The van der Waals surface area contributed by atoms with Gasteiger partial charge in [0, 0.05) is 19.1 Å². The van der Waals surface area contributed by atoms with Crippen LogP contribution in [0.5, 0.6) is 0 Å². The molecule has 0 heterocycles. The molecule has 3 nitrogen and oxygen atoms in total. The van der Waals surface area contributed by atoms with Gasteiger partial charge in [-0.1, -0.05) is 6.42 Å². The fourth-order valence-corrected chi connectivity index (χ4v) is 3.01. The van der Waals surface area contributed by atoms with E-state index in [1.165, 1.54) is 25.7 Å². The van der Waals surface area contributed by atoms with Crippen LogP contribution in [-0.4, -0.2) is 29.9 Å².